The molecule has 0 bridgehead atoms. The third kappa shape index (κ3) is 20.2. The van der Waals surface area contributed by atoms with Crippen LogP contribution >= 0.6 is 69.6 Å². The summed E-state index contributed by atoms with van der Waals surface area (Å²) >= 11 is 37.7. The Bertz CT molecular complexity index is 3790. The highest BCUT2D eigenvalue weighted by atomic mass is 35.5. The Hall–Kier alpha value is -6.94. The molecule has 6 heterocycles. The van der Waals surface area contributed by atoms with E-state index in [1.54, 1.807) is 56.5 Å². The molecule has 4 fully saturated rings. The fourth-order valence-corrected chi connectivity index (χ4v) is 13.7. The van der Waals surface area contributed by atoms with E-state index in [2.05, 4.69) is 40.3 Å². The number of carbonyl (C=O) groups is 4. The molecule has 3 unspecified atom stereocenters. The van der Waals surface area contributed by atoms with Crippen molar-refractivity contribution in [2.75, 3.05) is 114 Å². The number of hydrogen-bond donors (Lipinski definition) is 4. The van der Waals surface area contributed by atoms with Crippen molar-refractivity contribution in [3.8, 4) is 33.8 Å². The molecule has 3 aromatic heterocycles. The van der Waals surface area contributed by atoms with Crippen molar-refractivity contribution in [2.45, 2.75) is 109 Å². The fourth-order valence-electron chi connectivity index (χ4n) is 12.6. The number of halogens is 6. The lowest BCUT2D eigenvalue weighted by Crippen LogP contribution is -2.58. The van der Waals surface area contributed by atoms with Crippen molar-refractivity contribution in [1.82, 2.24) is 49.4 Å². The average molecular weight is 1490 g/mol. The van der Waals surface area contributed by atoms with Crippen molar-refractivity contribution in [1.29, 1.82) is 0 Å². The topological polar surface area (TPSA) is 275 Å². The molecule has 540 valence electrons. The molecule has 6 aromatic rings. The molecule has 3 aromatic carbocycles. The number of aliphatic hydroxyl groups is 1. The summed E-state index contributed by atoms with van der Waals surface area (Å²) in [5.74, 6) is 2.10. The zero-order valence-electron chi connectivity index (χ0n) is 58.0. The van der Waals surface area contributed by atoms with Crippen molar-refractivity contribution in [3.63, 3.8) is 0 Å². The molecule has 4 atom stereocenters. The number of amides is 4. The van der Waals surface area contributed by atoms with Gasteiger partial charge in [-0.2, -0.15) is 15.3 Å². The van der Waals surface area contributed by atoms with E-state index in [4.69, 9.17) is 100 Å². The Morgan fingerprint density at radius 1 is 0.566 bits per heavy atom. The van der Waals surface area contributed by atoms with Gasteiger partial charge in [0, 0.05) is 129 Å². The number of rotatable bonds is 16. The first-order valence-corrected chi connectivity index (χ1v) is 35.1. The molecule has 0 radical (unpaired) electrons. The zero-order chi connectivity index (χ0) is 72.2. The normalized spacial score (nSPS) is 18.0. The molecule has 0 spiro atoms. The van der Waals surface area contributed by atoms with Crippen LogP contribution in [0.2, 0.25) is 30.1 Å². The molecule has 99 heavy (non-hydrogen) atoms. The molecule has 10 rings (SSSR count). The smallest absolute Gasteiger partial charge is 0.410 e. The molecular formula is C68H92Cl6N16O9. The van der Waals surface area contributed by atoms with Gasteiger partial charge in [-0.3, -0.25) is 23.6 Å². The number of aryl methyl sites for hydroxylation is 3. The van der Waals surface area contributed by atoms with E-state index < -0.39 is 17.2 Å². The summed E-state index contributed by atoms with van der Waals surface area (Å²) in [6.45, 7) is 16.3. The van der Waals surface area contributed by atoms with Gasteiger partial charge in [-0.15, -0.1) is 0 Å². The second-order valence-electron chi connectivity index (χ2n) is 26.8. The summed E-state index contributed by atoms with van der Waals surface area (Å²) in [5, 5.41) is 29.4. The summed E-state index contributed by atoms with van der Waals surface area (Å²) in [4.78, 5) is 66.9. The van der Waals surface area contributed by atoms with Gasteiger partial charge in [-0.1, -0.05) is 125 Å². The summed E-state index contributed by atoms with van der Waals surface area (Å²) in [5.41, 5.74) is 14.5. The Balaban J connectivity index is 0.000000193. The number of aliphatic imine (C=N–C) groups is 1. The number of anilines is 3. The van der Waals surface area contributed by atoms with Gasteiger partial charge in [-0.25, -0.2) is 14.6 Å². The first-order valence-electron chi connectivity index (χ1n) is 32.8. The van der Waals surface area contributed by atoms with Crippen molar-refractivity contribution in [2.24, 2.45) is 43.5 Å². The SMILES string of the molecule is COCC1CN(C(=O)CNC(=O)[C@H](N=C(N)N)C2CCCCC2)CCN1c1cc(-c2cccc(Cl)c2Cl)nn1C.COCC1CN(C(=O)OC(C)(C)C)CCN1c1cc(-c2cccc(Cl)c2Cl)nn1C.Cn1nc(-c2cccc(Cl)c2Cl)cc1N1CCN(C(=O)OC(C)(C)C)CC1CO. The van der Waals surface area contributed by atoms with E-state index in [0.29, 0.717) is 114 Å². The molecule has 3 aliphatic heterocycles. The van der Waals surface area contributed by atoms with Gasteiger partial charge < -0.3 is 70.2 Å². The van der Waals surface area contributed by atoms with Gasteiger partial charge in [0.05, 0.1) is 91.7 Å². The van der Waals surface area contributed by atoms with Crippen molar-refractivity contribution >= 4 is 117 Å². The summed E-state index contributed by atoms with van der Waals surface area (Å²) in [7, 11) is 8.89. The molecule has 4 aliphatic rings. The second-order valence-corrected chi connectivity index (χ2v) is 29.1. The van der Waals surface area contributed by atoms with E-state index in [1.165, 1.54) is 0 Å². The van der Waals surface area contributed by atoms with Crippen LogP contribution in [0.15, 0.2) is 77.8 Å². The molecule has 1 aliphatic carbocycles. The molecule has 31 heteroatoms. The molecule has 1 saturated carbocycles. The zero-order valence-corrected chi connectivity index (χ0v) is 62.5. The van der Waals surface area contributed by atoms with Crippen molar-refractivity contribution in [3.05, 3.63) is 103 Å². The predicted octanol–water partition coefficient (Wildman–Crippen LogP) is 10.7. The molecule has 25 nitrogen and oxygen atoms in total. The quantitative estimate of drug-likeness (QED) is 0.0518. The standard InChI is InChI=1S/C27H38Cl2N8O3.C21H28Cl2N4O3.C20H26Cl2N4O3/c1-35-22(13-21(34-35)19-9-6-10-20(28)24(19)29)37-12-11-36(15-18(37)16-40-2)23(38)14-32-26(39)25(33-27(30)31)17-7-4-3-5-8-17;1-21(2,3)30-20(28)26-9-10-27(14(12-26)13-29-5)18-11-17(24-25(18)4)15-7-6-8-16(22)19(15)23;1-20(2,3)29-19(28)25-8-9-26(13(11-25)12-27)17-10-16(23-24(17)4)14-6-5-7-15(21)18(14)22/h6,9-10,13,17-18,25H,3-5,7-8,11-12,14-16H2,1-2H3,(H,32,39)(H4,30,31,33);6-8,11,14H,9-10,12-13H2,1-5H3;5-7,10,13,27H,8-9,11-12H2,1-4H3/t18?,25-;;/m1../s1. The van der Waals surface area contributed by atoms with Crippen molar-refractivity contribution < 1.29 is 43.2 Å². The Morgan fingerprint density at radius 2 is 0.929 bits per heavy atom. The van der Waals surface area contributed by atoms with Gasteiger partial charge in [0.25, 0.3) is 0 Å². The van der Waals surface area contributed by atoms with Crippen LogP contribution in [0, 0.1) is 5.92 Å². The highest BCUT2D eigenvalue weighted by molar-refractivity contribution is 6.44. The summed E-state index contributed by atoms with van der Waals surface area (Å²) < 4.78 is 27.3. The second kappa shape index (κ2) is 34.6. The molecule has 6 N–H and O–H groups in total. The van der Waals surface area contributed by atoms with Crippen LogP contribution < -0.4 is 31.5 Å². The molecule has 3 saturated heterocycles. The fraction of sp³-hybridized carbons (Fsp3) is 0.529. The minimum atomic E-state index is -0.678. The first kappa shape index (κ1) is 77.8. The third-order valence-electron chi connectivity index (χ3n) is 17.2. The van der Waals surface area contributed by atoms with E-state index >= 15 is 0 Å². The number of nitrogens with zero attached hydrogens (tertiary/aromatic N) is 13. The summed E-state index contributed by atoms with van der Waals surface area (Å²) in [6.07, 6.45) is 4.34. The van der Waals surface area contributed by atoms with Crippen LogP contribution in [0.5, 0.6) is 0 Å². The van der Waals surface area contributed by atoms with E-state index in [9.17, 15) is 24.3 Å². The number of piperazine rings is 3. The van der Waals surface area contributed by atoms with Crippen LogP contribution in [-0.4, -0.2) is 214 Å². The van der Waals surface area contributed by atoms with E-state index in [1.807, 2.05) is 122 Å². The van der Waals surface area contributed by atoms with Gasteiger partial charge in [0.1, 0.15) is 34.7 Å². The summed E-state index contributed by atoms with van der Waals surface area (Å²) in [6, 6.07) is 21.2. The number of carbonyl (C=O) groups excluding carboxylic acids is 4. The Morgan fingerprint density at radius 3 is 1.29 bits per heavy atom. The minimum Gasteiger partial charge on any atom is -0.444 e. The monoisotopic (exact) mass is 1490 g/mol. The van der Waals surface area contributed by atoms with Crippen LogP contribution in [0.3, 0.4) is 0 Å². The number of benzene rings is 3. The highest BCUT2D eigenvalue weighted by Gasteiger charge is 2.38. The average Bonchev–Trinajstić information content (AvgIpc) is 1.70. The number of hydrogen-bond acceptors (Lipinski definition) is 16. The number of aromatic nitrogens is 6. The largest absolute Gasteiger partial charge is 0.444 e. The van der Waals surface area contributed by atoms with Crippen LogP contribution in [0.1, 0.15) is 73.6 Å². The number of aliphatic hydroxyl groups excluding tert-OH is 1. The highest BCUT2D eigenvalue weighted by Crippen LogP contribution is 2.39. The van der Waals surface area contributed by atoms with Gasteiger partial charge in [0.15, 0.2) is 5.96 Å². The van der Waals surface area contributed by atoms with Crippen LogP contribution in [-0.2, 0) is 49.7 Å². The number of nitrogens with one attached hydrogen (secondary N) is 1. The maximum atomic E-state index is 13.2. The molecular weight excluding hydrogens is 1400 g/mol. The Labute approximate surface area is 609 Å². The predicted molar refractivity (Wildman–Crippen MR) is 392 cm³/mol. The number of guanidine groups is 1. The number of ether oxygens (including phenoxy) is 4. The van der Waals surface area contributed by atoms with Gasteiger partial charge >= 0.3 is 12.2 Å². The maximum absolute atomic E-state index is 13.2. The van der Waals surface area contributed by atoms with E-state index in [-0.39, 0.29) is 67.2 Å². The molecule has 4 amide bonds. The Kier molecular flexibility index (Phi) is 27.2. The number of methoxy groups -OCH3 is 2. The van der Waals surface area contributed by atoms with Gasteiger partial charge in [-0.05, 0) is 78.5 Å². The van der Waals surface area contributed by atoms with Crippen LogP contribution in [0.4, 0.5) is 27.0 Å². The lowest BCUT2D eigenvalue weighted by molar-refractivity contribution is -0.134. The lowest BCUT2D eigenvalue weighted by atomic mass is 9.83. The van der Waals surface area contributed by atoms with E-state index in [0.717, 1.165) is 71.9 Å². The minimum absolute atomic E-state index is 0.0330. The maximum Gasteiger partial charge on any atom is 0.410 e. The van der Waals surface area contributed by atoms with Gasteiger partial charge in [0.2, 0.25) is 11.8 Å². The first-order chi connectivity index (χ1) is 46.9. The third-order valence-corrected chi connectivity index (χ3v) is 19.7. The number of nitrogens with two attached hydrogens (primary N) is 2. The van der Waals surface area contributed by atoms with Crippen LogP contribution in [0.25, 0.3) is 33.8 Å². The lowest BCUT2D eigenvalue weighted by Gasteiger charge is -2.42.